The van der Waals surface area contributed by atoms with Crippen LogP contribution in [0.25, 0.3) is 11.0 Å². The van der Waals surface area contributed by atoms with Crippen molar-refractivity contribution in [1.29, 1.82) is 0 Å². The molecule has 1 aliphatic rings. The number of halogens is 5. The molecule has 0 radical (unpaired) electrons. The van der Waals surface area contributed by atoms with Gasteiger partial charge in [-0.05, 0) is 19.1 Å². The largest absolute Gasteiger partial charge is 0.493 e. The number of imidazole rings is 1. The lowest BCUT2D eigenvalue weighted by Gasteiger charge is -2.32. The average molecular weight is 542 g/mol. The summed E-state index contributed by atoms with van der Waals surface area (Å²) in [4.78, 5) is 24.4. The van der Waals surface area contributed by atoms with Crippen molar-refractivity contribution in [2.45, 2.75) is 51.5 Å². The van der Waals surface area contributed by atoms with E-state index in [2.05, 4.69) is 20.4 Å². The fourth-order valence-electron chi connectivity index (χ4n) is 4.88. The smallest absolute Gasteiger partial charge is 0.417 e. The van der Waals surface area contributed by atoms with Gasteiger partial charge in [0.05, 0.1) is 12.6 Å². The van der Waals surface area contributed by atoms with E-state index in [4.69, 9.17) is 9.47 Å². The Morgan fingerprint density at radius 2 is 1.92 bits per heavy atom. The highest BCUT2D eigenvalue weighted by molar-refractivity contribution is 6.02. The van der Waals surface area contributed by atoms with Crippen molar-refractivity contribution in [3.8, 4) is 5.75 Å². The molecule has 8 nitrogen and oxygen atoms in total. The highest BCUT2D eigenvalue weighted by Crippen LogP contribution is 2.59. The van der Waals surface area contributed by atoms with Gasteiger partial charge in [0, 0.05) is 36.7 Å². The van der Waals surface area contributed by atoms with E-state index in [1.165, 1.54) is 25.3 Å². The van der Waals surface area contributed by atoms with Gasteiger partial charge in [-0.15, -0.1) is 0 Å². The first kappa shape index (κ1) is 27.7. The summed E-state index contributed by atoms with van der Waals surface area (Å²) in [7, 11) is 1.10. The highest BCUT2D eigenvalue weighted by Gasteiger charge is 2.65. The number of carbonyl (C=O) groups is 1. The summed E-state index contributed by atoms with van der Waals surface area (Å²) in [5, 5.41) is 1.65. The molecule has 13 heteroatoms. The molecule has 3 heterocycles. The fraction of sp³-hybridized carbons (Fsp3) is 0.480. The number of rotatable bonds is 7. The molecule has 4 rings (SSSR count). The zero-order chi connectivity index (χ0) is 28.0. The first-order valence-corrected chi connectivity index (χ1v) is 12.0. The zero-order valence-electron chi connectivity index (χ0n) is 21.4. The molecule has 3 aromatic rings. The van der Waals surface area contributed by atoms with Gasteiger partial charge >= 0.3 is 6.18 Å². The second-order valence-electron chi connectivity index (χ2n) is 9.23. The molecule has 0 bridgehead atoms. The third-order valence-electron chi connectivity index (χ3n) is 7.24. The van der Waals surface area contributed by atoms with Gasteiger partial charge in [-0.1, -0.05) is 26.8 Å². The van der Waals surface area contributed by atoms with Gasteiger partial charge in [-0.25, -0.2) is 19.4 Å². The third kappa shape index (κ3) is 4.47. The zero-order valence-corrected chi connectivity index (χ0v) is 21.4. The van der Waals surface area contributed by atoms with E-state index in [1.54, 1.807) is 5.01 Å². The van der Waals surface area contributed by atoms with Crippen LogP contribution in [-0.4, -0.2) is 57.8 Å². The summed E-state index contributed by atoms with van der Waals surface area (Å²) in [6.07, 6.45) is -4.80. The van der Waals surface area contributed by atoms with E-state index in [-0.39, 0.29) is 22.6 Å². The molecule has 38 heavy (non-hydrogen) atoms. The van der Waals surface area contributed by atoms with Crippen molar-refractivity contribution >= 4 is 16.9 Å². The van der Waals surface area contributed by atoms with E-state index in [1.807, 2.05) is 13.8 Å². The minimum atomic E-state index is -4.80. The Morgan fingerprint density at radius 1 is 1.24 bits per heavy atom. The van der Waals surface area contributed by atoms with Gasteiger partial charge in [0.25, 0.3) is 5.91 Å². The van der Waals surface area contributed by atoms with E-state index in [0.717, 1.165) is 20.1 Å². The molecular formula is C25H28F5N5O3. The molecule has 1 aliphatic heterocycles. The fourth-order valence-corrected chi connectivity index (χ4v) is 4.88. The van der Waals surface area contributed by atoms with Gasteiger partial charge in [-0.3, -0.25) is 10.2 Å². The third-order valence-corrected chi connectivity index (χ3v) is 7.24. The van der Waals surface area contributed by atoms with Crippen LogP contribution in [0.2, 0.25) is 0 Å². The molecule has 0 spiro atoms. The number of hydrogen-bond acceptors (Lipinski definition) is 6. The van der Waals surface area contributed by atoms with Gasteiger partial charge in [0.15, 0.2) is 22.9 Å². The maximum absolute atomic E-state index is 14.6. The maximum atomic E-state index is 14.6. The van der Waals surface area contributed by atoms with Crippen LogP contribution < -0.4 is 10.2 Å². The van der Waals surface area contributed by atoms with E-state index < -0.39 is 53.0 Å². The Labute approximate surface area is 215 Å². The Morgan fingerprint density at radius 3 is 2.53 bits per heavy atom. The molecular weight excluding hydrogens is 513 g/mol. The monoisotopic (exact) mass is 541 g/mol. The number of benzene rings is 1. The van der Waals surface area contributed by atoms with Crippen molar-refractivity contribution in [2.75, 3.05) is 20.2 Å². The lowest BCUT2D eigenvalue weighted by Crippen LogP contribution is -2.46. The topological polar surface area (TPSA) is 92.4 Å². The van der Waals surface area contributed by atoms with Crippen molar-refractivity contribution in [2.24, 2.45) is 5.92 Å². The van der Waals surface area contributed by atoms with Crippen LogP contribution in [0.1, 0.15) is 61.6 Å². The Kier molecular flexibility index (Phi) is 7.36. The Hall–Kier alpha value is -3.32. The molecule has 0 unspecified atom stereocenters. The number of fused-ring (bicyclic) bond motifs is 1. The molecule has 1 fully saturated rings. The average Bonchev–Trinajstić information content (AvgIpc) is 3.43. The predicted molar refractivity (Wildman–Crippen MR) is 127 cm³/mol. The predicted octanol–water partition coefficient (Wildman–Crippen LogP) is 5.04. The second-order valence-corrected chi connectivity index (χ2v) is 9.23. The Balaban J connectivity index is 1.86. The number of nitrogens with zero attached hydrogens (tertiary/aromatic N) is 3. The van der Waals surface area contributed by atoms with Crippen LogP contribution in [0.3, 0.4) is 0 Å². The van der Waals surface area contributed by atoms with Gasteiger partial charge in [-0.2, -0.15) is 17.6 Å². The minimum absolute atomic E-state index is 0.00467. The number of nitrogens with one attached hydrogen (secondary N) is 2. The first-order chi connectivity index (χ1) is 17.9. The number of methoxy groups -OCH3 is 1. The van der Waals surface area contributed by atoms with Gasteiger partial charge in [0.2, 0.25) is 5.82 Å². The van der Waals surface area contributed by atoms with Gasteiger partial charge in [0.1, 0.15) is 17.4 Å². The molecule has 0 aliphatic carbocycles. The number of carbonyl (C=O) groups excluding carboxylic acids is 1. The summed E-state index contributed by atoms with van der Waals surface area (Å²) in [6.45, 7) is 7.01. The molecule has 0 saturated carbocycles. The number of H-pyrrole nitrogens is 1. The molecule has 206 valence electrons. The maximum Gasteiger partial charge on any atom is 0.417 e. The number of hydrazine groups is 1. The summed E-state index contributed by atoms with van der Waals surface area (Å²) < 4.78 is 82.1. The normalized spacial score (nSPS) is 23.8. The van der Waals surface area contributed by atoms with Gasteiger partial charge < -0.3 is 14.5 Å². The molecule has 4 atom stereocenters. The van der Waals surface area contributed by atoms with Crippen molar-refractivity contribution in [3.63, 3.8) is 0 Å². The standard InChI is InChI=1S/C25H28F5N5O3/c1-6-35(7-2)34-23(36)19-18-15(10-11-31-19)32-22(33-18)21-16(12(3)24(4,38-21)25(28,29)30)13-8-9-14(26)17(27)20(13)37-5/h8-12,16,21H,6-7H2,1-5H3,(H,32,33)(H,34,36)/t12-,16-,21+,24+/m0/s1. The summed E-state index contributed by atoms with van der Waals surface area (Å²) in [5.74, 6) is -6.01. The lowest BCUT2D eigenvalue weighted by atomic mass is 9.77. The van der Waals surface area contributed by atoms with Crippen molar-refractivity contribution in [1.82, 2.24) is 25.4 Å². The minimum Gasteiger partial charge on any atom is -0.493 e. The van der Waals surface area contributed by atoms with E-state index in [0.29, 0.717) is 18.6 Å². The number of ether oxygens (including phenoxy) is 2. The highest BCUT2D eigenvalue weighted by atomic mass is 19.4. The SMILES string of the molecule is CCN(CC)NC(=O)c1nccc2[nH]c([C@@H]3O[C@@](C)(C(F)(F)F)[C@@H](C)[C@H]3c3ccc(F)c(F)c3OC)nc12. The number of hydrogen-bond donors (Lipinski definition) is 2. The molecule has 2 aromatic heterocycles. The van der Waals surface area contributed by atoms with E-state index >= 15 is 0 Å². The van der Waals surface area contributed by atoms with Crippen molar-refractivity contribution < 1.29 is 36.2 Å². The molecule has 1 saturated heterocycles. The number of alkyl halides is 3. The van der Waals surface area contributed by atoms with Crippen LogP contribution in [0, 0.1) is 17.6 Å². The molecule has 1 amide bonds. The number of amides is 1. The molecule has 1 aromatic carbocycles. The number of pyridine rings is 1. The van der Waals surface area contributed by atoms with E-state index in [9.17, 15) is 26.7 Å². The summed E-state index contributed by atoms with van der Waals surface area (Å²) >= 11 is 0. The Bertz CT molecular complexity index is 1340. The van der Waals surface area contributed by atoms with Crippen LogP contribution in [-0.2, 0) is 4.74 Å². The van der Waals surface area contributed by atoms with Crippen molar-refractivity contribution in [3.05, 3.63) is 53.1 Å². The summed E-state index contributed by atoms with van der Waals surface area (Å²) in [6, 6.07) is 3.54. The summed E-state index contributed by atoms with van der Waals surface area (Å²) in [5.41, 5.74) is 0.477. The van der Waals surface area contributed by atoms with Crippen LogP contribution in [0.4, 0.5) is 22.0 Å². The quantitative estimate of drug-likeness (QED) is 0.322. The second kappa shape index (κ2) is 10.1. The molecule has 2 N–H and O–H groups in total. The van der Waals surface area contributed by atoms with Crippen LogP contribution in [0.15, 0.2) is 24.4 Å². The first-order valence-electron chi connectivity index (χ1n) is 12.0. The lowest BCUT2D eigenvalue weighted by molar-refractivity contribution is -0.275. The number of aromatic nitrogens is 3. The van der Waals surface area contributed by atoms with Crippen LogP contribution >= 0.6 is 0 Å². The number of aromatic amines is 1. The van der Waals surface area contributed by atoms with Crippen LogP contribution in [0.5, 0.6) is 5.75 Å².